The van der Waals surface area contributed by atoms with E-state index >= 15 is 0 Å². The van der Waals surface area contributed by atoms with E-state index in [1.54, 1.807) is 0 Å². The minimum absolute atomic E-state index is 0.0251. The number of aromatic nitrogens is 2. The minimum Gasteiger partial charge on any atom is -0.433 e. The Morgan fingerprint density at radius 1 is 1.19 bits per heavy atom. The second kappa shape index (κ2) is 6.76. The van der Waals surface area contributed by atoms with Crippen molar-refractivity contribution in [1.82, 2.24) is 9.61 Å². The molecule has 0 spiro atoms. The Bertz CT molecular complexity index is 1090. The predicted octanol–water partition coefficient (Wildman–Crippen LogP) is 3.78. The molecule has 1 aromatic carbocycles. The van der Waals surface area contributed by atoms with Crippen molar-refractivity contribution in [3.63, 3.8) is 0 Å². The summed E-state index contributed by atoms with van der Waals surface area (Å²) in [4.78, 5) is -0.358. The summed E-state index contributed by atoms with van der Waals surface area (Å²) < 4.78 is 83.8. The SMILES string of the molecule is O=S(=O)(Nc1cc(F)c(Br)cc1F)c1cnn2cc(OC(F)F)ccc12. The third-order valence-corrected chi connectivity index (χ3v) is 5.21. The fraction of sp³-hybridized carbons (Fsp3) is 0.0714. The average molecular weight is 454 g/mol. The first kappa shape index (κ1) is 18.5. The van der Waals surface area contributed by atoms with Gasteiger partial charge in [-0.25, -0.2) is 21.7 Å². The lowest BCUT2D eigenvalue weighted by Crippen LogP contribution is -2.14. The molecule has 138 valence electrons. The van der Waals surface area contributed by atoms with Crippen molar-refractivity contribution in [2.45, 2.75) is 11.5 Å². The van der Waals surface area contributed by atoms with Gasteiger partial charge in [0.15, 0.2) is 0 Å². The summed E-state index contributed by atoms with van der Waals surface area (Å²) in [6, 6.07) is 3.77. The van der Waals surface area contributed by atoms with E-state index in [4.69, 9.17) is 0 Å². The molecule has 26 heavy (non-hydrogen) atoms. The van der Waals surface area contributed by atoms with E-state index in [0.717, 1.165) is 29.0 Å². The highest BCUT2D eigenvalue weighted by molar-refractivity contribution is 9.10. The van der Waals surface area contributed by atoms with E-state index in [0.29, 0.717) is 6.07 Å². The van der Waals surface area contributed by atoms with Gasteiger partial charge in [0.25, 0.3) is 10.0 Å². The first-order chi connectivity index (χ1) is 12.2. The second-order valence-corrected chi connectivity index (χ2v) is 7.44. The lowest BCUT2D eigenvalue weighted by molar-refractivity contribution is -0.0501. The van der Waals surface area contributed by atoms with Crippen molar-refractivity contribution in [2.24, 2.45) is 0 Å². The number of benzene rings is 1. The molecule has 0 atom stereocenters. The van der Waals surface area contributed by atoms with Crippen molar-refractivity contribution in [1.29, 1.82) is 0 Å². The Kier molecular flexibility index (Phi) is 4.80. The van der Waals surface area contributed by atoms with Gasteiger partial charge in [0.05, 0.1) is 28.1 Å². The normalized spacial score (nSPS) is 11.9. The zero-order valence-corrected chi connectivity index (χ0v) is 14.9. The van der Waals surface area contributed by atoms with E-state index in [-0.39, 0.29) is 20.6 Å². The largest absolute Gasteiger partial charge is 0.433 e. The first-order valence-corrected chi connectivity index (χ1v) is 9.04. The highest BCUT2D eigenvalue weighted by atomic mass is 79.9. The molecular formula is C14H8BrF4N3O3S. The van der Waals surface area contributed by atoms with Crippen LogP contribution in [0, 0.1) is 11.6 Å². The van der Waals surface area contributed by atoms with Gasteiger partial charge in [-0.3, -0.25) is 4.72 Å². The number of fused-ring (bicyclic) bond motifs is 1. The number of hydrogen-bond donors (Lipinski definition) is 1. The maximum Gasteiger partial charge on any atom is 0.387 e. The molecule has 0 aliphatic heterocycles. The quantitative estimate of drug-likeness (QED) is 0.471. The molecule has 0 aliphatic carbocycles. The molecule has 12 heteroatoms. The molecule has 0 fully saturated rings. The Morgan fingerprint density at radius 3 is 2.62 bits per heavy atom. The molecule has 0 amide bonds. The number of halogens is 5. The van der Waals surface area contributed by atoms with Crippen LogP contribution in [0.5, 0.6) is 5.75 Å². The topological polar surface area (TPSA) is 72.7 Å². The number of anilines is 1. The lowest BCUT2D eigenvalue weighted by Gasteiger charge is -2.09. The number of sulfonamides is 1. The van der Waals surface area contributed by atoms with Crippen LogP contribution in [0.25, 0.3) is 5.52 Å². The highest BCUT2D eigenvalue weighted by Crippen LogP contribution is 2.27. The van der Waals surface area contributed by atoms with Crippen LogP contribution in [0.4, 0.5) is 23.2 Å². The number of nitrogens with one attached hydrogen (secondary N) is 1. The van der Waals surface area contributed by atoms with E-state index in [1.807, 2.05) is 4.72 Å². The van der Waals surface area contributed by atoms with Crippen LogP contribution in [-0.4, -0.2) is 24.6 Å². The average Bonchev–Trinajstić information content (AvgIpc) is 2.96. The zero-order chi connectivity index (χ0) is 19.1. The van der Waals surface area contributed by atoms with Gasteiger partial charge in [0, 0.05) is 6.07 Å². The fourth-order valence-electron chi connectivity index (χ4n) is 2.12. The third kappa shape index (κ3) is 3.60. The van der Waals surface area contributed by atoms with Crippen molar-refractivity contribution in [3.05, 3.63) is 52.8 Å². The minimum atomic E-state index is -4.33. The number of alkyl halides is 2. The van der Waals surface area contributed by atoms with Gasteiger partial charge in [-0.1, -0.05) is 0 Å². The molecule has 0 bridgehead atoms. The Morgan fingerprint density at radius 2 is 1.92 bits per heavy atom. The fourth-order valence-corrected chi connectivity index (χ4v) is 3.62. The Hall–Kier alpha value is -2.34. The molecular weight excluding hydrogens is 446 g/mol. The van der Waals surface area contributed by atoms with Gasteiger partial charge >= 0.3 is 6.61 Å². The van der Waals surface area contributed by atoms with Crippen molar-refractivity contribution in [3.8, 4) is 5.75 Å². The van der Waals surface area contributed by atoms with E-state index in [9.17, 15) is 26.0 Å². The summed E-state index contributed by atoms with van der Waals surface area (Å²) in [5.41, 5.74) is -0.570. The monoisotopic (exact) mass is 453 g/mol. The van der Waals surface area contributed by atoms with Crippen molar-refractivity contribution >= 4 is 37.2 Å². The summed E-state index contributed by atoms with van der Waals surface area (Å²) >= 11 is 2.78. The predicted molar refractivity (Wildman–Crippen MR) is 86.7 cm³/mol. The van der Waals surface area contributed by atoms with Gasteiger partial charge in [-0.05, 0) is 34.1 Å². The van der Waals surface area contributed by atoms with E-state index in [2.05, 4.69) is 25.8 Å². The Balaban J connectivity index is 1.98. The molecule has 2 heterocycles. The molecule has 0 radical (unpaired) electrons. The molecule has 1 N–H and O–H groups in total. The zero-order valence-electron chi connectivity index (χ0n) is 12.5. The summed E-state index contributed by atoms with van der Waals surface area (Å²) in [6.07, 6.45) is 2.00. The van der Waals surface area contributed by atoms with E-state index < -0.39 is 34.0 Å². The molecule has 0 saturated heterocycles. The van der Waals surface area contributed by atoms with Gasteiger partial charge in [0.1, 0.15) is 22.3 Å². The van der Waals surface area contributed by atoms with Gasteiger partial charge < -0.3 is 4.74 Å². The summed E-state index contributed by atoms with van der Waals surface area (Å²) in [5, 5.41) is 3.75. The summed E-state index contributed by atoms with van der Waals surface area (Å²) in [6.45, 7) is -3.05. The first-order valence-electron chi connectivity index (χ1n) is 6.77. The standard InChI is InChI=1S/C14H8BrF4N3O3S/c15-8-3-10(17)11(4-9(8)16)21-26(23,24)13-5-20-22-6-7(25-14(18)19)1-2-12(13)22/h1-6,14,21H. The molecule has 0 saturated carbocycles. The molecule has 3 rings (SSSR count). The van der Waals surface area contributed by atoms with Crippen LogP contribution in [0.2, 0.25) is 0 Å². The molecule has 2 aromatic heterocycles. The summed E-state index contributed by atoms with van der Waals surface area (Å²) in [7, 11) is -4.33. The van der Waals surface area contributed by atoms with Crippen molar-refractivity contribution in [2.75, 3.05) is 4.72 Å². The van der Waals surface area contributed by atoms with Crippen LogP contribution < -0.4 is 9.46 Å². The Labute approximate surface area is 152 Å². The van der Waals surface area contributed by atoms with Crippen LogP contribution in [0.3, 0.4) is 0 Å². The van der Waals surface area contributed by atoms with E-state index in [1.165, 1.54) is 6.07 Å². The van der Waals surface area contributed by atoms with Crippen LogP contribution in [0.15, 0.2) is 46.0 Å². The maximum atomic E-state index is 13.9. The number of ether oxygens (including phenoxy) is 1. The maximum absolute atomic E-state index is 13.9. The van der Waals surface area contributed by atoms with Crippen LogP contribution in [0.1, 0.15) is 0 Å². The third-order valence-electron chi connectivity index (χ3n) is 3.22. The smallest absolute Gasteiger partial charge is 0.387 e. The number of pyridine rings is 1. The highest BCUT2D eigenvalue weighted by Gasteiger charge is 2.22. The van der Waals surface area contributed by atoms with Crippen LogP contribution in [-0.2, 0) is 10.0 Å². The molecule has 0 unspecified atom stereocenters. The van der Waals surface area contributed by atoms with Crippen molar-refractivity contribution < 1.29 is 30.7 Å². The number of hydrogen-bond acceptors (Lipinski definition) is 4. The lowest BCUT2D eigenvalue weighted by atomic mass is 10.3. The molecule has 6 nitrogen and oxygen atoms in total. The van der Waals surface area contributed by atoms with Gasteiger partial charge in [0.2, 0.25) is 0 Å². The summed E-state index contributed by atoms with van der Waals surface area (Å²) in [5.74, 6) is -2.09. The molecule has 0 aliphatic rings. The number of nitrogens with zero attached hydrogens (tertiary/aromatic N) is 2. The van der Waals surface area contributed by atoms with Crippen LogP contribution >= 0.6 is 15.9 Å². The molecule has 3 aromatic rings. The van der Waals surface area contributed by atoms with Gasteiger partial charge in [-0.2, -0.15) is 13.9 Å². The number of rotatable bonds is 5. The second-order valence-electron chi connectivity index (χ2n) is 4.93. The van der Waals surface area contributed by atoms with Gasteiger partial charge in [-0.15, -0.1) is 0 Å².